The maximum atomic E-state index is 12.9. The van der Waals surface area contributed by atoms with Crippen LogP contribution in [0.15, 0.2) is 24.3 Å². The molecular formula is C15H18FNO3. The molecule has 0 saturated heterocycles. The van der Waals surface area contributed by atoms with E-state index in [1.54, 1.807) is 7.05 Å². The summed E-state index contributed by atoms with van der Waals surface area (Å²) >= 11 is 0. The quantitative estimate of drug-likeness (QED) is 0.925. The number of benzene rings is 1. The van der Waals surface area contributed by atoms with Gasteiger partial charge in [0.1, 0.15) is 5.82 Å². The molecule has 0 spiro atoms. The summed E-state index contributed by atoms with van der Waals surface area (Å²) in [6, 6.07) is 5.61. The van der Waals surface area contributed by atoms with E-state index in [9.17, 15) is 19.1 Å². The van der Waals surface area contributed by atoms with Crippen LogP contribution in [-0.2, 0) is 9.59 Å². The molecule has 0 bridgehead atoms. The summed E-state index contributed by atoms with van der Waals surface area (Å²) < 4.78 is 12.9. The first-order valence-corrected chi connectivity index (χ1v) is 6.76. The molecule has 1 aliphatic carbocycles. The molecule has 1 aromatic rings. The van der Waals surface area contributed by atoms with Crippen LogP contribution < -0.4 is 4.90 Å². The molecule has 0 unspecified atom stereocenters. The molecule has 0 aromatic heterocycles. The molecule has 1 aromatic carbocycles. The number of aliphatic carboxylic acids is 1. The highest BCUT2D eigenvalue weighted by molar-refractivity contribution is 5.96. The minimum atomic E-state index is -0.907. The highest BCUT2D eigenvalue weighted by atomic mass is 19.1. The van der Waals surface area contributed by atoms with Crippen LogP contribution in [0, 0.1) is 17.7 Å². The van der Waals surface area contributed by atoms with Gasteiger partial charge in [-0.1, -0.05) is 12.8 Å². The van der Waals surface area contributed by atoms with Gasteiger partial charge in [0.25, 0.3) is 0 Å². The second kappa shape index (κ2) is 6.03. The number of hydrogen-bond donors (Lipinski definition) is 1. The topological polar surface area (TPSA) is 57.6 Å². The van der Waals surface area contributed by atoms with E-state index in [1.807, 2.05) is 0 Å². The second-order valence-corrected chi connectivity index (χ2v) is 5.21. The van der Waals surface area contributed by atoms with Gasteiger partial charge >= 0.3 is 5.97 Å². The highest BCUT2D eigenvalue weighted by Gasteiger charge is 2.37. The average molecular weight is 279 g/mol. The number of rotatable bonds is 3. The number of anilines is 1. The van der Waals surface area contributed by atoms with E-state index in [4.69, 9.17) is 0 Å². The van der Waals surface area contributed by atoms with E-state index >= 15 is 0 Å². The Bertz CT molecular complexity index is 500. The molecule has 1 saturated carbocycles. The second-order valence-electron chi connectivity index (χ2n) is 5.21. The zero-order chi connectivity index (χ0) is 14.7. The Kier molecular flexibility index (Phi) is 4.37. The number of hydrogen-bond acceptors (Lipinski definition) is 2. The van der Waals surface area contributed by atoms with Crippen LogP contribution in [0.1, 0.15) is 25.7 Å². The lowest BCUT2D eigenvalue weighted by atomic mass is 9.78. The van der Waals surface area contributed by atoms with Gasteiger partial charge in [-0.05, 0) is 37.1 Å². The van der Waals surface area contributed by atoms with Gasteiger partial charge in [0.2, 0.25) is 5.91 Å². The molecule has 20 heavy (non-hydrogen) atoms. The molecule has 5 heteroatoms. The third-order valence-electron chi connectivity index (χ3n) is 3.94. The van der Waals surface area contributed by atoms with E-state index in [2.05, 4.69) is 0 Å². The van der Waals surface area contributed by atoms with Crippen molar-refractivity contribution in [1.29, 1.82) is 0 Å². The molecule has 0 radical (unpaired) electrons. The maximum Gasteiger partial charge on any atom is 0.307 e. The Morgan fingerprint density at radius 1 is 1.15 bits per heavy atom. The van der Waals surface area contributed by atoms with Gasteiger partial charge in [0.05, 0.1) is 11.8 Å². The standard InChI is InChI=1S/C15H18FNO3/c1-17(11-8-6-10(16)7-9-11)14(18)12-4-2-3-5-13(12)15(19)20/h6-9,12-13H,2-5H2,1H3,(H,19,20)/t12-,13+/m1/s1. The van der Waals surface area contributed by atoms with Crippen molar-refractivity contribution in [3.8, 4) is 0 Å². The summed E-state index contributed by atoms with van der Waals surface area (Å²) in [6.07, 6.45) is 2.86. The van der Waals surface area contributed by atoms with E-state index in [0.717, 1.165) is 12.8 Å². The summed E-state index contributed by atoms with van der Waals surface area (Å²) in [6.45, 7) is 0. The monoisotopic (exact) mass is 279 g/mol. The van der Waals surface area contributed by atoms with Gasteiger partial charge in [-0.2, -0.15) is 0 Å². The first-order valence-electron chi connectivity index (χ1n) is 6.76. The summed E-state index contributed by atoms with van der Waals surface area (Å²) in [5, 5.41) is 9.23. The SMILES string of the molecule is CN(C(=O)[C@@H]1CCCC[C@@H]1C(=O)O)c1ccc(F)cc1. The van der Waals surface area contributed by atoms with Crippen LogP contribution >= 0.6 is 0 Å². The number of carbonyl (C=O) groups excluding carboxylic acids is 1. The number of nitrogens with zero attached hydrogens (tertiary/aromatic N) is 1. The van der Waals surface area contributed by atoms with Crippen molar-refractivity contribution in [1.82, 2.24) is 0 Å². The van der Waals surface area contributed by atoms with Gasteiger partial charge < -0.3 is 10.0 Å². The normalized spacial score (nSPS) is 22.3. The van der Waals surface area contributed by atoms with Crippen molar-refractivity contribution in [2.24, 2.45) is 11.8 Å². The van der Waals surface area contributed by atoms with Crippen molar-refractivity contribution in [2.45, 2.75) is 25.7 Å². The fraction of sp³-hybridized carbons (Fsp3) is 0.467. The van der Waals surface area contributed by atoms with E-state index in [0.29, 0.717) is 18.5 Å². The number of carboxylic acid groups (broad SMARTS) is 1. The van der Waals surface area contributed by atoms with E-state index in [-0.39, 0.29) is 11.7 Å². The molecule has 1 aliphatic rings. The van der Waals surface area contributed by atoms with Crippen molar-refractivity contribution in [3.05, 3.63) is 30.1 Å². The van der Waals surface area contributed by atoms with Crippen molar-refractivity contribution < 1.29 is 19.1 Å². The predicted octanol–water partition coefficient (Wildman–Crippen LogP) is 2.68. The molecule has 2 rings (SSSR count). The fourth-order valence-electron chi connectivity index (χ4n) is 2.76. The van der Waals surface area contributed by atoms with Gasteiger partial charge in [-0.15, -0.1) is 0 Å². The van der Waals surface area contributed by atoms with Crippen LogP contribution in [0.25, 0.3) is 0 Å². The Labute approximate surface area is 117 Å². The molecule has 0 aliphatic heterocycles. The van der Waals surface area contributed by atoms with Gasteiger partial charge in [-0.3, -0.25) is 9.59 Å². The predicted molar refractivity (Wildman–Crippen MR) is 72.9 cm³/mol. The Hall–Kier alpha value is -1.91. The third-order valence-corrected chi connectivity index (χ3v) is 3.94. The zero-order valence-corrected chi connectivity index (χ0v) is 11.4. The molecular weight excluding hydrogens is 261 g/mol. The Balaban J connectivity index is 2.16. The molecule has 0 heterocycles. The lowest BCUT2D eigenvalue weighted by Gasteiger charge is -2.31. The number of halogens is 1. The van der Waals surface area contributed by atoms with Crippen molar-refractivity contribution >= 4 is 17.6 Å². The summed E-state index contributed by atoms with van der Waals surface area (Å²) in [5.41, 5.74) is 0.575. The number of amides is 1. The van der Waals surface area contributed by atoms with Crippen LogP contribution in [0.3, 0.4) is 0 Å². The zero-order valence-electron chi connectivity index (χ0n) is 11.4. The Morgan fingerprint density at radius 2 is 1.70 bits per heavy atom. The highest BCUT2D eigenvalue weighted by Crippen LogP contribution is 2.32. The van der Waals surface area contributed by atoms with Crippen LogP contribution in [0.5, 0.6) is 0 Å². The summed E-state index contributed by atoms with van der Waals surface area (Å²) in [4.78, 5) is 25.1. The summed E-state index contributed by atoms with van der Waals surface area (Å²) in [7, 11) is 1.60. The van der Waals surface area contributed by atoms with Crippen LogP contribution in [-0.4, -0.2) is 24.0 Å². The minimum absolute atomic E-state index is 0.205. The molecule has 1 fully saturated rings. The van der Waals surface area contributed by atoms with Gasteiger partial charge in [-0.25, -0.2) is 4.39 Å². The fourth-order valence-corrected chi connectivity index (χ4v) is 2.76. The third kappa shape index (κ3) is 2.98. The largest absolute Gasteiger partial charge is 0.481 e. The van der Waals surface area contributed by atoms with Crippen LogP contribution in [0.2, 0.25) is 0 Å². The van der Waals surface area contributed by atoms with Gasteiger partial charge in [0.15, 0.2) is 0 Å². The van der Waals surface area contributed by atoms with E-state index in [1.165, 1.54) is 29.2 Å². The number of carboxylic acids is 1. The lowest BCUT2D eigenvalue weighted by Crippen LogP contribution is -2.40. The minimum Gasteiger partial charge on any atom is -0.481 e. The average Bonchev–Trinajstić information content (AvgIpc) is 2.46. The molecule has 4 nitrogen and oxygen atoms in total. The molecule has 1 amide bonds. The molecule has 108 valence electrons. The van der Waals surface area contributed by atoms with Crippen molar-refractivity contribution in [3.63, 3.8) is 0 Å². The molecule has 1 N–H and O–H groups in total. The van der Waals surface area contributed by atoms with E-state index < -0.39 is 17.8 Å². The lowest BCUT2D eigenvalue weighted by molar-refractivity contribution is -0.148. The maximum absolute atomic E-state index is 12.9. The summed E-state index contributed by atoms with van der Waals surface area (Å²) in [5.74, 6) is -2.58. The number of carbonyl (C=O) groups is 2. The molecule has 2 atom stereocenters. The first-order chi connectivity index (χ1) is 9.50. The first kappa shape index (κ1) is 14.5. The van der Waals surface area contributed by atoms with Crippen LogP contribution in [0.4, 0.5) is 10.1 Å². The van der Waals surface area contributed by atoms with Gasteiger partial charge in [0, 0.05) is 12.7 Å². The Morgan fingerprint density at radius 3 is 2.25 bits per heavy atom. The van der Waals surface area contributed by atoms with Crippen molar-refractivity contribution in [2.75, 3.05) is 11.9 Å². The smallest absolute Gasteiger partial charge is 0.307 e.